The van der Waals surface area contributed by atoms with Gasteiger partial charge in [0.05, 0.1) is 6.54 Å². The Labute approximate surface area is 85.1 Å². The van der Waals surface area contributed by atoms with E-state index in [0.29, 0.717) is 13.1 Å². The summed E-state index contributed by atoms with van der Waals surface area (Å²) in [6, 6.07) is 0. The van der Waals surface area contributed by atoms with Crippen LogP contribution < -0.4 is 10.6 Å². The molecule has 0 saturated heterocycles. The Morgan fingerprint density at radius 2 is 2.00 bits per heavy atom. The zero-order chi connectivity index (χ0) is 10.8. The predicted octanol–water partition coefficient (Wildman–Crippen LogP) is -0.279. The first-order valence-corrected chi connectivity index (χ1v) is 4.77. The predicted molar refractivity (Wildman–Crippen MR) is 54.0 cm³/mol. The minimum atomic E-state index is -0.297. The van der Waals surface area contributed by atoms with Crippen molar-refractivity contribution in [1.29, 1.82) is 0 Å². The van der Waals surface area contributed by atoms with E-state index in [4.69, 9.17) is 9.47 Å². The lowest BCUT2D eigenvalue weighted by atomic mass is 10.4. The Morgan fingerprint density at radius 1 is 1.36 bits per heavy atom. The molecule has 0 aromatic heterocycles. The first kappa shape index (κ1) is 13.4. The van der Waals surface area contributed by atoms with Gasteiger partial charge in [0.25, 0.3) is 0 Å². The Bertz CT molecular complexity index is 149. The second kappa shape index (κ2) is 8.93. The standard InChI is InChI=1S/C9H20N2O3/c1-4-5-11-8(12)6-10-7-9(13-2)14-3/h9-10H,4-7H2,1-3H3,(H,11,12). The summed E-state index contributed by atoms with van der Waals surface area (Å²) < 4.78 is 9.89. The molecule has 0 aromatic rings. The molecule has 0 aliphatic carbocycles. The monoisotopic (exact) mass is 204 g/mol. The van der Waals surface area contributed by atoms with Gasteiger partial charge < -0.3 is 20.1 Å². The third-order valence-electron chi connectivity index (χ3n) is 1.69. The fourth-order valence-corrected chi connectivity index (χ4v) is 0.893. The number of rotatable bonds is 8. The van der Waals surface area contributed by atoms with Crippen molar-refractivity contribution in [3.8, 4) is 0 Å². The summed E-state index contributed by atoms with van der Waals surface area (Å²) in [5.41, 5.74) is 0. The van der Waals surface area contributed by atoms with Gasteiger partial charge in [0, 0.05) is 27.3 Å². The van der Waals surface area contributed by atoms with Crippen molar-refractivity contribution in [1.82, 2.24) is 10.6 Å². The summed E-state index contributed by atoms with van der Waals surface area (Å²) in [4.78, 5) is 11.1. The van der Waals surface area contributed by atoms with E-state index in [1.807, 2.05) is 6.92 Å². The summed E-state index contributed by atoms with van der Waals surface area (Å²) >= 11 is 0. The van der Waals surface area contributed by atoms with Crippen molar-refractivity contribution in [3.63, 3.8) is 0 Å². The van der Waals surface area contributed by atoms with E-state index < -0.39 is 0 Å². The van der Waals surface area contributed by atoms with E-state index in [1.54, 1.807) is 14.2 Å². The number of amides is 1. The van der Waals surface area contributed by atoms with Crippen molar-refractivity contribution in [2.75, 3.05) is 33.9 Å². The normalized spacial score (nSPS) is 10.6. The van der Waals surface area contributed by atoms with Crippen molar-refractivity contribution in [2.45, 2.75) is 19.6 Å². The number of ether oxygens (including phenoxy) is 2. The highest BCUT2D eigenvalue weighted by Gasteiger charge is 2.05. The first-order valence-electron chi connectivity index (χ1n) is 4.77. The van der Waals surface area contributed by atoms with Gasteiger partial charge in [0.2, 0.25) is 5.91 Å². The number of hydrogen-bond acceptors (Lipinski definition) is 4. The summed E-state index contributed by atoms with van der Waals surface area (Å²) in [6.07, 6.45) is 0.652. The van der Waals surface area contributed by atoms with Crippen molar-refractivity contribution >= 4 is 5.91 Å². The molecule has 0 spiro atoms. The highest BCUT2D eigenvalue weighted by Crippen LogP contribution is 1.86. The molecule has 0 radical (unpaired) electrons. The van der Waals surface area contributed by atoms with Gasteiger partial charge in [0.1, 0.15) is 0 Å². The molecule has 0 aromatic carbocycles. The fraction of sp³-hybridized carbons (Fsp3) is 0.889. The van der Waals surface area contributed by atoms with Gasteiger partial charge >= 0.3 is 0 Å². The van der Waals surface area contributed by atoms with Gasteiger partial charge in [0.15, 0.2) is 6.29 Å². The SMILES string of the molecule is CCCNC(=O)CNCC(OC)OC. The highest BCUT2D eigenvalue weighted by atomic mass is 16.7. The van der Waals surface area contributed by atoms with Gasteiger partial charge in [-0.15, -0.1) is 0 Å². The average molecular weight is 204 g/mol. The number of hydrogen-bond donors (Lipinski definition) is 2. The molecule has 0 aliphatic heterocycles. The number of nitrogens with one attached hydrogen (secondary N) is 2. The maximum Gasteiger partial charge on any atom is 0.233 e. The second-order valence-electron chi connectivity index (χ2n) is 2.88. The molecule has 0 bridgehead atoms. The average Bonchev–Trinajstić information content (AvgIpc) is 2.21. The third-order valence-corrected chi connectivity index (χ3v) is 1.69. The van der Waals surface area contributed by atoms with Crippen LogP contribution in [0.15, 0.2) is 0 Å². The Balaban J connectivity index is 3.38. The number of carbonyl (C=O) groups is 1. The highest BCUT2D eigenvalue weighted by molar-refractivity contribution is 5.77. The van der Waals surface area contributed by atoms with Gasteiger partial charge in [-0.05, 0) is 6.42 Å². The van der Waals surface area contributed by atoms with Crippen molar-refractivity contribution in [3.05, 3.63) is 0 Å². The molecule has 0 fully saturated rings. The van der Waals surface area contributed by atoms with E-state index in [-0.39, 0.29) is 12.2 Å². The topological polar surface area (TPSA) is 59.6 Å². The lowest BCUT2D eigenvalue weighted by molar-refractivity contribution is -0.121. The summed E-state index contributed by atoms with van der Waals surface area (Å²) in [5.74, 6) is -0.00203. The van der Waals surface area contributed by atoms with Gasteiger partial charge in [-0.25, -0.2) is 0 Å². The van der Waals surface area contributed by atoms with Gasteiger partial charge in [-0.2, -0.15) is 0 Å². The summed E-state index contributed by atoms with van der Waals surface area (Å²) in [7, 11) is 3.13. The molecule has 14 heavy (non-hydrogen) atoms. The molecule has 0 saturated carbocycles. The van der Waals surface area contributed by atoms with Crippen LogP contribution >= 0.6 is 0 Å². The van der Waals surface area contributed by atoms with Crippen LogP contribution in [0.5, 0.6) is 0 Å². The Hall–Kier alpha value is -0.650. The Kier molecular flexibility index (Phi) is 8.51. The zero-order valence-electron chi connectivity index (χ0n) is 9.13. The lowest BCUT2D eigenvalue weighted by Gasteiger charge is -2.13. The summed E-state index contributed by atoms with van der Waals surface area (Å²) in [5, 5.41) is 5.69. The van der Waals surface area contributed by atoms with Crippen LogP contribution in [0.4, 0.5) is 0 Å². The molecule has 5 nitrogen and oxygen atoms in total. The molecular formula is C9H20N2O3. The van der Waals surface area contributed by atoms with Crippen LogP contribution in [-0.4, -0.2) is 46.1 Å². The third kappa shape index (κ3) is 6.82. The molecule has 0 heterocycles. The smallest absolute Gasteiger partial charge is 0.233 e. The molecule has 0 rings (SSSR count). The fourth-order valence-electron chi connectivity index (χ4n) is 0.893. The molecule has 1 amide bonds. The van der Waals surface area contributed by atoms with E-state index >= 15 is 0 Å². The maximum absolute atomic E-state index is 11.1. The van der Waals surface area contributed by atoms with Crippen LogP contribution in [0.25, 0.3) is 0 Å². The molecule has 5 heteroatoms. The van der Waals surface area contributed by atoms with E-state index in [0.717, 1.165) is 13.0 Å². The van der Waals surface area contributed by atoms with Gasteiger partial charge in [-0.1, -0.05) is 6.92 Å². The summed E-state index contributed by atoms with van der Waals surface area (Å²) in [6.45, 7) is 3.54. The van der Waals surface area contributed by atoms with Crippen LogP contribution in [0, 0.1) is 0 Å². The lowest BCUT2D eigenvalue weighted by Crippen LogP contribution is -2.38. The molecule has 0 atom stereocenters. The first-order chi connectivity index (χ1) is 6.74. The molecular weight excluding hydrogens is 184 g/mol. The second-order valence-corrected chi connectivity index (χ2v) is 2.88. The van der Waals surface area contributed by atoms with Crippen LogP contribution in [0.3, 0.4) is 0 Å². The maximum atomic E-state index is 11.1. The van der Waals surface area contributed by atoms with Crippen molar-refractivity contribution in [2.24, 2.45) is 0 Å². The molecule has 84 valence electrons. The van der Waals surface area contributed by atoms with Crippen LogP contribution in [0.1, 0.15) is 13.3 Å². The van der Waals surface area contributed by atoms with Crippen LogP contribution in [0.2, 0.25) is 0 Å². The largest absolute Gasteiger partial charge is 0.355 e. The van der Waals surface area contributed by atoms with E-state index in [1.165, 1.54) is 0 Å². The quantitative estimate of drug-likeness (QED) is 0.534. The minimum absolute atomic E-state index is 0.00203. The van der Waals surface area contributed by atoms with Crippen molar-refractivity contribution < 1.29 is 14.3 Å². The number of methoxy groups -OCH3 is 2. The van der Waals surface area contributed by atoms with Crippen LogP contribution in [-0.2, 0) is 14.3 Å². The number of carbonyl (C=O) groups excluding carboxylic acids is 1. The molecule has 0 aliphatic rings. The molecule has 2 N–H and O–H groups in total. The Morgan fingerprint density at radius 3 is 2.50 bits per heavy atom. The molecule has 0 unspecified atom stereocenters. The van der Waals surface area contributed by atoms with E-state index in [9.17, 15) is 4.79 Å². The zero-order valence-corrected chi connectivity index (χ0v) is 9.13. The minimum Gasteiger partial charge on any atom is -0.355 e. The van der Waals surface area contributed by atoms with Gasteiger partial charge in [-0.3, -0.25) is 4.79 Å². The van der Waals surface area contributed by atoms with E-state index in [2.05, 4.69) is 10.6 Å².